The van der Waals surface area contributed by atoms with Gasteiger partial charge in [0.2, 0.25) is 5.95 Å². The van der Waals surface area contributed by atoms with E-state index in [2.05, 4.69) is 15.4 Å². The Morgan fingerprint density at radius 3 is 2.62 bits per heavy atom. The summed E-state index contributed by atoms with van der Waals surface area (Å²) in [5.41, 5.74) is 0. The first-order chi connectivity index (χ1) is 11.4. The van der Waals surface area contributed by atoms with E-state index in [1.807, 2.05) is 0 Å². The van der Waals surface area contributed by atoms with E-state index in [1.54, 1.807) is 11.0 Å². The monoisotopic (exact) mass is 345 g/mol. The average molecular weight is 345 g/mol. The molecule has 1 saturated carbocycles. The van der Waals surface area contributed by atoms with E-state index in [0.29, 0.717) is 19.0 Å². The Morgan fingerprint density at radius 2 is 1.92 bits per heavy atom. The van der Waals surface area contributed by atoms with Crippen molar-refractivity contribution in [2.24, 2.45) is 5.92 Å². The van der Waals surface area contributed by atoms with E-state index in [-0.39, 0.29) is 18.9 Å². The van der Waals surface area contributed by atoms with Crippen molar-refractivity contribution in [2.45, 2.75) is 57.2 Å². The molecule has 0 aromatic carbocycles. The second-order valence-electron chi connectivity index (χ2n) is 6.60. The first-order valence-corrected chi connectivity index (χ1v) is 8.47. The van der Waals surface area contributed by atoms with Crippen LogP contribution in [-0.2, 0) is 0 Å². The first-order valence-electron chi connectivity index (χ1n) is 8.47. The van der Waals surface area contributed by atoms with Crippen molar-refractivity contribution in [3.8, 4) is 0 Å². The molecule has 24 heavy (non-hydrogen) atoms. The molecule has 3 rings (SSSR count). The number of hydrogen-bond acceptors (Lipinski definition) is 3. The number of nitrogens with one attached hydrogen (secondary N) is 1. The Morgan fingerprint density at radius 1 is 1.17 bits per heavy atom. The van der Waals surface area contributed by atoms with Gasteiger partial charge in [-0.3, -0.25) is 5.32 Å². The van der Waals surface area contributed by atoms with Gasteiger partial charge in [0.15, 0.2) is 0 Å². The van der Waals surface area contributed by atoms with E-state index < -0.39 is 18.1 Å². The van der Waals surface area contributed by atoms with Crippen LogP contribution < -0.4 is 5.32 Å². The highest BCUT2D eigenvalue weighted by molar-refractivity contribution is 5.87. The van der Waals surface area contributed by atoms with Gasteiger partial charge in [0.25, 0.3) is 0 Å². The smallest absolute Gasteiger partial charge is 0.324 e. The van der Waals surface area contributed by atoms with E-state index in [9.17, 15) is 18.0 Å². The number of aromatic nitrogens is 3. The van der Waals surface area contributed by atoms with Gasteiger partial charge in [-0.2, -0.15) is 13.2 Å². The number of anilines is 1. The van der Waals surface area contributed by atoms with Crippen LogP contribution in [-0.4, -0.2) is 45.0 Å². The normalized spacial score (nSPS) is 23.3. The van der Waals surface area contributed by atoms with E-state index in [4.69, 9.17) is 0 Å². The Labute approximate surface area is 138 Å². The summed E-state index contributed by atoms with van der Waals surface area (Å²) in [4.78, 5) is 17.4. The third kappa shape index (κ3) is 3.99. The molecule has 134 valence electrons. The number of carbonyl (C=O) groups is 1. The first kappa shape index (κ1) is 17.0. The largest absolute Gasteiger partial charge is 0.393 e. The molecule has 6 nitrogen and oxygen atoms in total. The number of urea groups is 1. The number of rotatable bonds is 2. The van der Waals surface area contributed by atoms with E-state index in [0.717, 1.165) is 25.7 Å². The highest BCUT2D eigenvalue weighted by Gasteiger charge is 2.42. The van der Waals surface area contributed by atoms with Gasteiger partial charge >= 0.3 is 12.2 Å². The van der Waals surface area contributed by atoms with Gasteiger partial charge in [-0.05, 0) is 25.7 Å². The molecule has 1 atom stereocenters. The molecule has 2 fully saturated rings. The van der Waals surface area contributed by atoms with Crippen LogP contribution in [0.25, 0.3) is 0 Å². The lowest BCUT2D eigenvalue weighted by atomic mass is 9.96. The van der Waals surface area contributed by atoms with Crippen LogP contribution in [0.15, 0.2) is 6.33 Å². The molecule has 2 aliphatic rings. The van der Waals surface area contributed by atoms with Crippen LogP contribution >= 0.6 is 0 Å². The maximum Gasteiger partial charge on any atom is 0.393 e. The molecule has 1 aromatic rings. The number of nitrogens with zero attached hydrogens (tertiary/aromatic N) is 4. The minimum atomic E-state index is -4.26. The van der Waals surface area contributed by atoms with Gasteiger partial charge in [0.1, 0.15) is 6.33 Å². The maximum atomic E-state index is 12.8. The number of carbonyl (C=O) groups excluding carboxylic acids is 1. The maximum absolute atomic E-state index is 12.8. The molecule has 1 unspecified atom stereocenters. The summed E-state index contributed by atoms with van der Waals surface area (Å²) >= 11 is 0. The fourth-order valence-corrected chi connectivity index (χ4v) is 3.46. The van der Waals surface area contributed by atoms with Crippen molar-refractivity contribution in [1.82, 2.24) is 19.7 Å². The summed E-state index contributed by atoms with van der Waals surface area (Å²) < 4.78 is 40.2. The van der Waals surface area contributed by atoms with Gasteiger partial charge < -0.3 is 4.90 Å². The molecule has 2 amide bonds. The average Bonchev–Trinajstić information content (AvgIpc) is 3.03. The second kappa shape index (κ2) is 6.98. The molecule has 1 aliphatic carbocycles. The van der Waals surface area contributed by atoms with Gasteiger partial charge in [0, 0.05) is 13.1 Å². The van der Waals surface area contributed by atoms with Crippen molar-refractivity contribution < 1.29 is 18.0 Å². The Hall–Kier alpha value is -1.80. The van der Waals surface area contributed by atoms with Crippen LogP contribution in [0.2, 0.25) is 0 Å². The molecule has 0 radical (unpaired) electrons. The number of likely N-dealkylation sites (tertiary alicyclic amines) is 1. The SMILES string of the molecule is O=C(Nc1ncn(C2CCCCC2)n1)N1CCCC(C(F)(F)F)C1. The van der Waals surface area contributed by atoms with Gasteiger partial charge in [-0.1, -0.05) is 19.3 Å². The lowest BCUT2D eigenvalue weighted by molar-refractivity contribution is -0.183. The van der Waals surface area contributed by atoms with Crippen molar-refractivity contribution >= 4 is 12.0 Å². The summed E-state index contributed by atoms with van der Waals surface area (Å²) in [6, 6.07) is -0.271. The zero-order valence-electron chi connectivity index (χ0n) is 13.4. The molecule has 0 spiro atoms. The van der Waals surface area contributed by atoms with Gasteiger partial charge in [0.05, 0.1) is 12.0 Å². The second-order valence-corrected chi connectivity index (χ2v) is 6.60. The highest BCUT2D eigenvalue weighted by Crippen LogP contribution is 2.33. The van der Waals surface area contributed by atoms with Crippen LogP contribution in [0.4, 0.5) is 23.9 Å². The lowest BCUT2D eigenvalue weighted by Crippen LogP contribution is -2.46. The molecule has 0 bridgehead atoms. The summed E-state index contributed by atoms with van der Waals surface area (Å²) in [5.74, 6) is -1.30. The Bertz CT molecular complexity index is 568. The minimum absolute atomic E-state index is 0.0713. The van der Waals surface area contributed by atoms with Gasteiger partial charge in [-0.15, -0.1) is 5.10 Å². The predicted octanol–water partition coefficient (Wildman–Crippen LogP) is 3.59. The molecule has 1 saturated heterocycles. The topological polar surface area (TPSA) is 63.1 Å². The molecule has 2 heterocycles. The Balaban J connectivity index is 1.57. The van der Waals surface area contributed by atoms with E-state index >= 15 is 0 Å². The summed E-state index contributed by atoms with van der Waals surface area (Å²) in [7, 11) is 0. The fraction of sp³-hybridized carbons (Fsp3) is 0.800. The predicted molar refractivity (Wildman–Crippen MR) is 81.5 cm³/mol. The third-order valence-electron chi connectivity index (χ3n) is 4.85. The minimum Gasteiger partial charge on any atom is -0.324 e. The molecule has 9 heteroatoms. The molecular formula is C15H22F3N5O. The number of amides is 2. The quantitative estimate of drug-likeness (QED) is 0.891. The standard InChI is InChI=1S/C15H22F3N5O/c16-15(17,18)11-5-4-8-22(9-11)14(24)20-13-19-10-23(21-13)12-6-2-1-3-7-12/h10-12H,1-9H2,(H,20,21,24). The fourth-order valence-electron chi connectivity index (χ4n) is 3.46. The van der Waals surface area contributed by atoms with Crippen molar-refractivity contribution in [1.29, 1.82) is 0 Å². The lowest BCUT2D eigenvalue weighted by Gasteiger charge is -2.33. The van der Waals surface area contributed by atoms with E-state index in [1.165, 1.54) is 11.3 Å². The van der Waals surface area contributed by atoms with Gasteiger partial charge in [-0.25, -0.2) is 14.5 Å². The van der Waals surface area contributed by atoms with Crippen molar-refractivity contribution in [3.63, 3.8) is 0 Å². The number of halogens is 3. The molecule has 1 aromatic heterocycles. The van der Waals surface area contributed by atoms with Crippen LogP contribution in [0.1, 0.15) is 51.0 Å². The van der Waals surface area contributed by atoms with Crippen molar-refractivity contribution in [3.05, 3.63) is 6.33 Å². The molecule has 1 N–H and O–H groups in total. The van der Waals surface area contributed by atoms with Crippen LogP contribution in [0.5, 0.6) is 0 Å². The zero-order chi connectivity index (χ0) is 17.2. The summed E-state index contributed by atoms with van der Waals surface area (Å²) in [5, 5.41) is 6.78. The third-order valence-corrected chi connectivity index (χ3v) is 4.85. The number of piperidine rings is 1. The molecule has 1 aliphatic heterocycles. The molecular weight excluding hydrogens is 323 g/mol. The zero-order valence-corrected chi connectivity index (χ0v) is 13.4. The number of alkyl halides is 3. The van der Waals surface area contributed by atoms with Crippen molar-refractivity contribution in [2.75, 3.05) is 18.4 Å². The Kier molecular flexibility index (Phi) is 4.96. The summed E-state index contributed by atoms with van der Waals surface area (Å²) in [6.45, 7) is 0.0143. The summed E-state index contributed by atoms with van der Waals surface area (Å²) in [6.07, 6.45) is 3.34. The highest BCUT2D eigenvalue weighted by atomic mass is 19.4. The van der Waals surface area contributed by atoms with Crippen LogP contribution in [0, 0.1) is 5.92 Å². The number of hydrogen-bond donors (Lipinski definition) is 1. The van der Waals surface area contributed by atoms with Crippen LogP contribution in [0.3, 0.4) is 0 Å².